The fourth-order valence-corrected chi connectivity index (χ4v) is 2.14. The maximum Gasteiger partial charge on any atom is 0.240 e. The summed E-state index contributed by atoms with van der Waals surface area (Å²) < 4.78 is 17.2. The van der Waals surface area contributed by atoms with Gasteiger partial charge in [-0.05, 0) is 43.3 Å². The van der Waals surface area contributed by atoms with Gasteiger partial charge in [-0.25, -0.2) is 4.21 Å². The largest absolute Gasteiger partial charge is 0.397 e. The third-order valence-electron chi connectivity index (χ3n) is 2.20. The van der Waals surface area contributed by atoms with Crippen molar-refractivity contribution in [1.29, 1.82) is 0 Å². The van der Waals surface area contributed by atoms with E-state index in [9.17, 15) is 4.21 Å². The molecule has 2 nitrogen and oxygen atoms in total. The molecule has 0 heterocycles. The van der Waals surface area contributed by atoms with Crippen LogP contribution in [0.2, 0.25) is 5.02 Å². The van der Waals surface area contributed by atoms with Crippen molar-refractivity contribution in [2.24, 2.45) is 0 Å². The molecule has 1 unspecified atom stereocenters. The summed E-state index contributed by atoms with van der Waals surface area (Å²) in [6, 6.07) is 14.2. The van der Waals surface area contributed by atoms with Crippen LogP contribution in [0.15, 0.2) is 53.4 Å². The Morgan fingerprint density at radius 2 is 1.59 bits per heavy atom. The summed E-state index contributed by atoms with van der Waals surface area (Å²) in [6.07, 6.45) is 0. The van der Waals surface area contributed by atoms with Crippen molar-refractivity contribution in [2.45, 2.75) is 11.8 Å². The van der Waals surface area contributed by atoms with E-state index >= 15 is 0 Å². The lowest BCUT2D eigenvalue weighted by atomic mass is 10.2. The smallest absolute Gasteiger partial charge is 0.240 e. The van der Waals surface area contributed by atoms with E-state index in [0.29, 0.717) is 15.7 Å². The molecule has 0 aliphatic rings. The first kappa shape index (κ1) is 12.1. The molecule has 0 saturated carbocycles. The number of halogens is 1. The fourth-order valence-electron chi connectivity index (χ4n) is 1.28. The Morgan fingerprint density at radius 3 is 2.18 bits per heavy atom. The van der Waals surface area contributed by atoms with Crippen molar-refractivity contribution >= 4 is 22.7 Å². The second kappa shape index (κ2) is 5.34. The maximum atomic E-state index is 11.9. The molecule has 2 aromatic carbocycles. The molecule has 1 atom stereocenters. The minimum Gasteiger partial charge on any atom is -0.397 e. The Morgan fingerprint density at radius 1 is 1.00 bits per heavy atom. The van der Waals surface area contributed by atoms with Gasteiger partial charge < -0.3 is 4.18 Å². The minimum atomic E-state index is -1.51. The first-order valence-electron chi connectivity index (χ1n) is 5.07. The topological polar surface area (TPSA) is 26.3 Å². The highest BCUT2D eigenvalue weighted by atomic mass is 35.5. The van der Waals surface area contributed by atoms with Gasteiger partial charge >= 0.3 is 0 Å². The van der Waals surface area contributed by atoms with Crippen LogP contribution >= 0.6 is 11.6 Å². The highest BCUT2D eigenvalue weighted by molar-refractivity contribution is 7.80. The lowest BCUT2D eigenvalue weighted by Crippen LogP contribution is -2.00. The molecule has 0 radical (unpaired) electrons. The molecule has 0 amide bonds. The van der Waals surface area contributed by atoms with Gasteiger partial charge in [0.15, 0.2) is 0 Å². The van der Waals surface area contributed by atoms with E-state index in [-0.39, 0.29) is 0 Å². The molecule has 0 N–H and O–H groups in total. The van der Waals surface area contributed by atoms with E-state index in [1.807, 2.05) is 19.1 Å². The average Bonchev–Trinajstić information content (AvgIpc) is 2.33. The van der Waals surface area contributed by atoms with Gasteiger partial charge in [-0.2, -0.15) is 0 Å². The van der Waals surface area contributed by atoms with Crippen LogP contribution in [0.25, 0.3) is 0 Å². The molecule has 2 rings (SSSR count). The summed E-state index contributed by atoms with van der Waals surface area (Å²) in [6.45, 7) is 1.99. The van der Waals surface area contributed by atoms with Gasteiger partial charge in [0.05, 0.1) is 4.90 Å². The maximum absolute atomic E-state index is 11.9. The standard InChI is InChI=1S/C13H11ClO2S/c1-10-2-6-12(7-3-10)16-17(15)13-8-4-11(14)5-9-13/h2-9H,1H3. The molecule has 4 heteroatoms. The summed E-state index contributed by atoms with van der Waals surface area (Å²) in [4.78, 5) is 0.593. The molecular formula is C13H11ClO2S. The van der Waals surface area contributed by atoms with E-state index in [1.165, 1.54) is 0 Å². The number of benzene rings is 2. The SMILES string of the molecule is Cc1ccc(OS(=O)c2ccc(Cl)cc2)cc1. The Balaban J connectivity index is 2.11. The molecular weight excluding hydrogens is 256 g/mol. The third-order valence-corrected chi connectivity index (χ3v) is 3.45. The first-order valence-corrected chi connectivity index (χ1v) is 6.53. The summed E-state index contributed by atoms with van der Waals surface area (Å²) in [5.74, 6) is 0.587. The van der Waals surface area contributed by atoms with Crippen LogP contribution in [0, 0.1) is 6.92 Å². The van der Waals surface area contributed by atoms with E-state index < -0.39 is 11.1 Å². The van der Waals surface area contributed by atoms with Gasteiger partial charge in [-0.3, -0.25) is 0 Å². The van der Waals surface area contributed by atoms with Gasteiger partial charge in [0.25, 0.3) is 0 Å². The Hall–Kier alpha value is -1.32. The lowest BCUT2D eigenvalue weighted by Gasteiger charge is -2.05. The molecule has 0 aromatic heterocycles. The summed E-state index contributed by atoms with van der Waals surface area (Å²) >= 11 is 4.25. The van der Waals surface area contributed by atoms with Crippen molar-refractivity contribution in [3.05, 3.63) is 59.1 Å². The zero-order valence-electron chi connectivity index (χ0n) is 9.22. The second-order valence-corrected chi connectivity index (χ2v) is 5.13. The van der Waals surface area contributed by atoms with E-state index in [2.05, 4.69) is 0 Å². The number of rotatable bonds is 3. The van der Waals surface area contributed by atoms with Crippen LogP contribution in [-0.2, 0) is 11.1 Å². The predicted molar refractivity (Wildman–Crippen MR) is 69.7 cm³/mol. The number of hydrogen-bond acceptors (Lipinski definition) is 2. The van der Waals surface area contributed by atoms with Gasteiger partial charge in [0.2, 0.25) is 11.1 Å². The zero-order valence-corrected chi connectivity index (χ0v) is 10.8. The predicted octanol–water partition coefficient (Wildman–Crippen LogP) is 3.75. The summed E-state index contributed by atoms with van der Waals surface area (Å²) in [7, 11) is 0. The highest BCUT2D eigenvalue weighted by Crippen LogP contribution is 2.17. The van der Waals surface area contributed by atoms with Crippen LogP contribution in [0.5, 0.6) is 5.75 Å². The van der Waals surface area contributed by atoms with Crippen molar-refractivity contribution < 1.29 is 8.39 Å². The van der Waals surface area contributed by atoms with Gasteiger partial charge in [0.1, 0.15) is 5.75 Å². The molecule has 0 aliphatic carbocycles. The molecule has 0 bridgehead atoms. The highest BCUT2D eigenvalue weighted by Gasteiger charge is 2.05. The van der Waals surface area contributed by atoms with Crippen LogP contribution in [0.4, 0.5) is 0 Å². The third kappa shape index (κ3) is 3.32. The van der Waals surface area contributed by atoms with Gasteiger partial charge in [0, 0.05) is 5.02 Å². The molecule has 2 aromatic rings. The lowest BCUT2D eigenvalue weighted by molar-refractivity contribution is 0.562. The second-order valence-electron chi connectivity index (χ2n) is 3.59. The summed E-state index contributed by atoms with van der Waals surface area (Å²) in [5, 5.41) is 0.612. The van der Waals surface area contributed by atoms with Crippen LogP contribution in [0.1, 0.15) is 5.56 Å². The van der Waals surface area contributed by atoms with Crippen LogP contribution < -0.4 is 4.18 Å². The van der Waals surface area contributed by atoms with Crippen molar-refractivity contribution in [3.8, 4) is 5.75 Å². The summed E-state index contributed by atoms with van der Waals surface area (Å²) in [5.41, 5.74) is 1.13. The van der Waals surface area contributed by atoms with E-state index in [0.717, 1.165) is 5.56 Å². The average molecular weight is 267 g/mol. The monoisotopic (exact) mass is 266 g/mol. The van der Waals surface area contributed by atoms with Crippen molar-refractivity contribution in [3.63, 3.8) is 0 Å². The fraction of sp³-hybridized carbons (Fsp3) is 0.0769. The first-order chi connectivity index (χ1) is 8.15. The van der Waals surface area contributed by atoms with E-state index in [4.69, 9.17) is 15.8 Å². The molecule has 0 fully saturated rings. The van der Waals surface area contributed by atoms with Gasteiger partial charge in [-0.15, -0.1) is 0 Å². The van der Waals surface area contributed by atoms with Gasteiger partial charge in [-0.1, -0.05) is 29.3 Å². The normalized spacial score (nSPS) is 12.1. The van der Waals surface area contributed by atoms with Crippen LogP contribution in [-0.4, -0.2) is 4.21 Å². The Bertz CT molecular complexity index is 520. The molecule has 0 aliphatic heterocycles. The quantitative estimate of drug-likeness (QED) is 0.846. The molecule has 0 saturated heterocycles. The Kier molecular flexibility index (Phi) is 3.82. The van der Waals surface area contributed by atoms with Crippen molar-refractivity contribution in [2.75, 3.05) is 0 Å². The minimum absolute atomic E-state index is 0.587. The van der Waals surface area contributed by atoms with Crippen LogP contribution in [0.3, 0.4) is 0 Å². The van der Waals surface area contributed by atoms with Crippen molar-refractivity contribution in [1.82, 2.24) is 0 Å². The number of aryl methyl sites for hydroxylation is 1. The van der Waals surface area contributed by atoms with E-state index in [1.54, 1.807) is 36.4 Å². The molecule has 88 valence electrons. The zero-order chi connectivity index (χ0) is 12.3. The number of hydrogen-bond donors (Lipinski definition) is 0. The Labute approximate surface area is 108 Å². The molecule has 0 spiro atoms. The molecule has 17 heavy (non-hydrogen) atoms.